The van der Waals surface area contributed by atoms with Crippen LogP contribution in [-0.4, -0.2) is 52.9 Å². The zero-order valence-corrected chi connectivity index (χ0v) is 18.7. The Labute approximate surface area is 185 Å². The monoisotopic (exact) mass is 429 g/mol. The van der Waals surface area contributed by atoms with E-state index in [0.717, 1.165) is 54.2 Å². The van der Waals surface area contributed by atoms with Crippen molar-refractivity contribution in [1.29, 1.82) is 0 Å². The van der Waals surface area contributed by atoms with Gasteiger partial charge in [-0.2, -0.15) is 10.2 Å². The fourth-order valence-corrected chi connectivity index (χ4v) is 5.40. The number of rotatable bonds is 3. The first kappa shape index (κ1) is 19.5. The summed E-state index contributed by atoms with van der Waals surface area (Å²) < 4.78 is 3.50. The maximum absolute atomic E-state index is 13.3. The van der Waals surface area contributed by atoms with Crippen molar-refractivity contribution in [1.82, 2.24) is 34.3 Å². The fourth-order valence-electron chi connectivity index (χ4n) is 5.40. The Morgan fingerprint density at radius 1 is 1.16 bits per heavy atom. The Balaban J connectivity index is 1.37. The van der Waals surface area contributed by atoms with Gasteiger partial charge in [0.15, 0.2) is 5.65 Å². The van der Waals surface area contributed by atoms with Crippen LogP contribution in [0, 0.1) is 13.8 Å². The topological polar surface area (TPSA) is 81.2 Å². The summed E-state index contributed by atoms with van der Waals surface area (Å²) >= 11 is 0. The van der Waals surface area contributed by atoms with Crippen molar-refractivity contribution in [2.75, 3.05) is 13.1 Å². The van der Waals surface area contributed by atoms with Crippen LogP contribution in [-0.2, 0) is 0 Å². The third-order valence-corrected chi connectivity index (χ3v) is 7.23. The van der Waals surface area contributed by atoms with E-state index in [4.69, 9.17) is 4.98 Å². The van der Waals surface area contributed by atoms with Crippen LogP contribution in [0.3, 0.4) is 0 Å². The quantitative estimate of drug-likeness (QED) is 0.497. The molecule has 0 radical (unpaired) electrons. The van der Waals surface area contributed by atoms with Crippen LogP contribution in [0.2, 0.25) is 0 Å². The fraction of sp³-hybridized carbons (Fsp3) is 0.458. The molecular weight excluding hydrogens is 402 g/mol. The molecule has 0 bridgehead atoms. The molecule has 0 aromatic carbocycles. The van der Waals surface area contributed by atoms with E-state index in [1.165, 1.54) is 12.8 Å². The smallest absolute Gasteiger partial charge is 0.276 e. The van der Waals surface area contributed by atoms with Crippen molar-refractivity contribution in [3.05, 3.63) is 52.2 Å². The predicted octanol–water partition coefficient (Wildman–Crippen LogP) is 3.31. The van der Waals surface area contributed by atoms with E-state index in [0.29, 0.717) is 16.4 Å². The highest BCUT2D eigenvalue weighted by Crippen LogP contribution is 2.50. The van der Waals surface area contributed by atoms with E-state index < -0.39 is 0 Å². The lowest BCUT2D eigenvalue weighted by Crippen LogP contribution is -2.46. The number of hydrogen-bond acceptors (Lipinski definition) is 6. The number of aryl methyl sites for hydroxylation is 2. The molecule has 1 spiro atoms. The Morgan fingerprint density at radius 3 is 2.78 bits per heavy atom. The summed E-state index contributed by atoms with van der Waals surface area (Å²) in [6, 6.07) is 5.90. The van der Waals surface area contributed by atoms with E-state index in [-0.39, 0.29) is 11.6 Å². The lowest BCUT2D eigenvalue weighted by atomic mass is 9.95. The summed E-state index contributed by atoms with van der Waals surface area (Å²) in [6.45, 7) is 8.32. The second-order valence-electron chi connectivity index (χ2n) is 9.34. The normalized spacial score (nSPS) is 20.4. The van der Waals surface area contributed by atoms with Gasteiger partial charge in [-0.05, 0) is 69.8 Å². The van der Waals surface area contributed by atoms with E-state index in [1.54, 1.807) is 15.4 Å². The molecule has 1 atom stereocenters. The molecule has 0 amide bonds. The summed E-state index contributed by atoms with van der Waals surface area (Å²) in [4.78, 5) is 25.1. The SMILES string of the molecule is CCN1CCC(n2ncc3nc(-c4cc(C)c5nc(C)cn5n4)ccc3c2=O)CC12CC2. The van der Waals surface area contributed by atoms with Gasteiger partial charge >= 0.3 is 0 Å². The average Bonchev–Trinajstić information content (AvgIpc) is 3.43. The summed E-state index contributed by atoms with van der Waals surface area (Å²) in [5, 5.41) is 9.85. The molecule has 6 rings (SSSR count). The molecule has 164 valence electrons. The molecule has 4 aromatic heterocycles. The Hall–Kier alpha value is -3.13. The lowest BCUT2D eigenvalue weighted by molar-refractivity contribution is 0.0969. The highest BCUT2D eigenvalue weighted by Gasteiger charge is 2.51. The third-order valence-electron chi connectivity index (χ3n) is 7.23. The van der Waals surface area contributed by atoms with E-state index in [1.807, 2.05) is 38.2 Å². The molecule has 8 nitrogen and oxygen atoms in total. The molecule has 4 aromatic rings. The zero-order valence-electron chi connectivity index (χ0n) is 18.7. The average molecular weight is 430 g/mol. The second kappa shape index (κ2) is 6.93. The Bertz CT molecular complexity index is 1420. The van der Waals surface area contributed by atoms with Crippen molar-refractivity contribution in [3.8, 4) is 11.4 Å². The van der Waals surface area contributed by atoms with Gasteiger partial charge in [-0.3, -0.25) is 9.69 Å². The minimum absolute atomic E-state index is 0.0443. The first-order valence-corrected chi connectivity index (χ1v) is 11.4. The number of nitrogens with zero attached hydrogens (tertiary/aromatic N) is 7. The Morgan fingerprint density at radius 2 is 2.00 bits per heavy atom. The predicted molar refractivity (Wildman–Crippen MR) is 123 cm³/mol. The van der Waals surface area contributed by atoms with Crippen molar-refractivity contribution < 1.29 is 0 Å². The van der Waals surface area contributed by atoms with Gasteiger partial charge in [-0.25, -0.2) is 19.2 Å². The number of likely N-dealkylation sites (tertiary alicyclic amines) is 1. The van der Waals surface area contributed by atoms with Gasteiger partial charge in [0.25, 0.3) is 5.56 Å². The summed E-state index contributed by atoms with van der Waals surface area (Å²) in [7, 11) is 0. The first-order chi connectivity index (χ1) is 15.5. The highest BCUT2D eigenvalue weighted by atomic mass is 16.1. The molecule has 8 heteroatoms. The molecule has 1 saturated carbocycles. The molecule has 2 aliphatic rings. The van der Waals surface area contributed by atoms with Crippen molar-refractivity contribution in [3.63, 3.8) is 0 Å². The minimum atomic E-state index is -0.0443. The maximum atomic E-state index is 13.3. The standard InChI is InChI=1S/C24H27N7O/c1-4-29-10-7-17(12-24(29)8-9-24)31-23(32)18-5-6-19(27-21(18)13-25-31)20-11-15(2)22-26-16(3)14-30(22)28-20/h5-6,11,13-14,17H,4,7-10,12H2,1-3H3. The summed E-state index contributed by atoms with van der Waals surface area (Å²) in [5.41, 5.74) is 5.14. The lowest BCUT2D eigenvalue weighted by Gasteiger charge is -2.39. The minimum Gasteiger partial charge on any atom is -0.298 e. The number of piperidine rings is 1. The first-order valence-electron chi connectivity index (χ1n) is 11.4. The molecule has 32 heavy (non-hydrogen) atoms. The number of imidazole rings is 1. The number of fused-ring (bicyclic) bond motifs is 2. The van der Waals surface area contributed by atoms with E-state index >= 15 is 0 Å². The van der Waals surface area contributed by atoms with Gasteiger partial charge < -0.3 is 0 Å². The van der Waals surface area contributed by atoms with E-state index in [9.17, 15) is 4.79 Å². The largest absolute Gasteiger partial charge is 0.298 e. The van der Waals surface area contributed by atoms with Crippen molar-refractivity contribution in [2.24, 2.45) is 0 Å². The number of hydrogen-bond donors (Lipinski definition) is 0. The van der Waals surface area contributed by atoms with Crippen LogP contribution in [0.4, 0.5) is 0 Å². The van der Waals surface area contributed by atoms with Gasteiger partial charge in [0.2, 0.25) is 0 Å². The molecule has 1 aliphatic heterocycles. The van der Waals surface area contributed by atoms with Crippen LogP contribution >= 0.6 is 0 Å². The van der Waals surface area contributed by atoms with Crippen LogP contribution < -0.4 is 5.56 Å². The van der Waals surface area contributed by atoms with Gasteiger partial charge in [-0.1, -0.05) is 6.92 Å². The van der Waals surface area contributed by atoms with Gasteiger partial charge in [-0.15, -0.1) is 0 Å². The molecular formula is C24H27N7O. The number of pyridine rings is 1. The van der Waals surface area contributed by atoms with Gasteiger partial charge in [0.05, 0.1) is 40.7 Å². The second-order valence-corrected chi connectivity index (χ2v) is 9.34. The maximum Gasteiger partial charge on any atom is 0.276 e. The molecule has 1 unspecified atom stereocenters. The summed E-state index contributed by atoms with van der Waals surface area (Å²) in [5.74, 6) is 0. The molecule has 2 fully saturated rings. The van der Waals surface area contributed by atoms with Crippen LogP contribution in [0.1, 0.15) is 49.9 Å². The molecule has 5 heterocycles. The molecule has 1 aliphatic carbocycles. The number of aromatic nitrogens is 6. The Kier molecular flexibility index (Phi) is 4.24. The third kappa shape index (κ3) is 2.97. The van der Waals surface area contributed by atoms with Gasteiger partial charge in [0.1, 0.15) is 5.69 Å². The van der Waals surface area contributed by atoms with Crippen LogP contribution in [0.5, 0.6) is 0 Å². The van der Waals surface area contributed by atoms with Crippen LogP contribution in [0.15, 0.2) is 35.4 Å². The zero-order chi connectivity index (χ0) is 22.0. The van der Waals surface area contributed by atoms with Gasteiger partial charge in [0, 0.05) is 12.1 Å². The van der Waals surface area contributed by atoms with E-state index in [2.05, 4.69) is 27.0 Å². The molecule has 0 N–H and O–H groups in total. The molecule has 1 saturated heterocycles. The highest BCUT2D eigenvalue weighted by molar-refractivity contribution is 5.79. The van der Waals surface area contributed by atoms with Crippen molar-refractivity contribution >= 4 is 16.6 Å². The summed E-state index contributed by atoms with van der Waals surface area (Å²) in [6.07, 6.45) is 8.09. The van der Waals surface area contributed by atoms with Crippen LogP contribution in [0.25, 0.3) is 27.9 Å². The van der Waals surface area contributed by atoms with Crippen molar-refractivity contribution in [2.45, 2.75) is 58.0 Å².